The summed E-state index contributed by atoms with van der Waals surface area (Å²) in [6.45, 7) is 4.15. The van der Waals surface area contributed by atoms with Crippen LogP contribution in [-0.2, 0) is 4.79 Å². The summed E-state index contributed by atoms with van der Waals surface area (Å²) in [4.78, 5) is 21.9. The number of likely N-dealkylation sites (tertiary alicyclic amines) is 1. The number of hydrogen-bond acceptors (Lipinski definition) is 3. The number of para-hydroxylation sites is 1. The maximum Gasteiger partial charge on any atom is 0.243 e. The minimum Gasteiger partial charge on any atom is -0.361 e. The molecule has 0 unspecified atom stereocenters. The molecule has 3 heterocycles. The van der Waals surface area contributed by atoms with Gasteiger partial charge in [0.05, 0.1) is 0 Å². The summed E-state index contributed by atoms with van der Waals surface area (Å²) < 4.78 is 0. The number of nitrogens with zero attached hydrogens (tertiary/aromatic N) is 2. The van der Waals surface area contributed by atoms with E-state index in [4.69, 9.17) is 0 Å². The summed E-state index contributed by atoms with van der Waals surface area (Å²) in [6.07, 6.45) is 13.6. The van der Waals surface area contributed by atoms with Crippen LogP contribution in [-0.4, -0.2) is 47.0 Å². The first-order chi connectivity index (χ1) is 14.8. The highest BCUT2D eigenvalue weighted by molar-refractivity contribution is 5.91. The number of pyridine rings is 1. The lowest BCUT2D eigenvalue weighted by Crippen LogP contribution is -2.34. The van der Waals surface area contributed by atoms with Crippen molar-refractivity contribution in [1.82, 2.24) is 20.2 Å². The first kappa shape index (κ1) is 20.4. The molecule has 0 spiro atoms. The van der Waals surface area contributed by atoms with E-state index in [0.717, 1.165) is 44.6 Å². The Morgan fingerprint density at radius 2 is 2.03 bits per heavy atom. The number of nitrogens with one attached hydrogen (secondary N) is 2. The van der Waals surface area contributed by atoms with Crippen LogP contribution in [0.3, 0.4) is 0 Å². The summed E-state index contributed by atoms with van der Waals surface area (Å²) in [6, 6.07) is 12.4. The molecule has 2 aromatic heterocycles. The number of unbranched alkanes of at least 4 members (excludes halogenated alkanes) is 1. The van der Waals surface area contributed by atoms with Crippen molar-refractivity contribution in [2.75, 3.05) is 26.2 Å². The minimum absolute atomic E-state index is 0.0432. The van der Waals surface area contributed by atoms with Crippen molar-refractivity contribution in [3.05, 3.63) is 72.2 Å². The number of carbonyl (C=O) groups is 1. The molecule has 3 aromatic rings. The van der Waals surface area contributed by atoms with Gasteiger partial charge in [-0.05, 0) is 80.6 Å². The molecule has 0 saturated carbocycles. The fraction of sp³-hybridized carbons (Fsp3) is 0.360. The molecule has 2 N–H and O–H groups in total. The van der Waals surface area contributed by atoms with Crippen LogP contribution in [0, 0.1) is 0 Å². The standard InChI is InChI=1S/C25H30N4O/c30-25(10-9-20-6-5-13-26-18-20)27-14-3-4-15-29-16-11-21(12-17-29)23-19-28-24-8-2-1-7-22(23)24/h1-2,5-10,13,18-19,21,28H,3-4,11-12,14-17H2,(H,27,30)/b10-9+. The van der Waals surface area contributed by atoms with Gasteiger partial charge >= 0.3 is 0 Å². The van der Waals surface area contributed by atoms with Crippen LogP contribution in [0.25, 0.3) is 17.0 Å². The van der Waals surface area contributed by atoms with Crippen LogP contribution in [0.4, 0.5) is 0 Å². The molecule has 0 radical (unpaired) electrons. The predicted molar refractivity (Wildman–Crippen MR) is 122 cm³/mol. The van der Waals surface area contributed by atoms with Gasteiger partial charge in [-0.3, -0.25) is 9.78 Å². The van der Waals surface area contributed by atoms with Crippen molar-refractivity contribution in [2.24, 2.45) is 0 Å². The molecule has 5 nitrogen and oxygen atoms in total. The molecule has 1 saturated heterocycles. The van der Waals surface area contributed by atoms with Crippen molar-refractivity contribution >= 4 is 22.9 Å². The molecule has 30 heavy (non-hydrogen) atoms. The van der Waals surface area contributed by atoms with Gasteiger partial charge < -0.3 is 15.2 Å². The van der Waals surface area contributed by atoms with Gasteiger partial charge in [-0.25, -0.2) is 0 Å². The van der Waals surface area contributed by atoms with Gasteiger partial charge in [-0.15, -0.1) is 0 Å². The van der Waals surface area contributed by atoms with E-state index in [1.54, 1.807) is 24.5 Å². The number of aromatic nitrogens is 2. The summed E-state index contributed by atoms with van der Waals surface area (Å²) in [7, 11) is 0. The lowest BCUT2D eigenvalue weighted by atomic mass is 9.89. The molecular formula is C25H30N4O. The predicted octanol–water partition coefficient (Wildman–Crippen LogP) is 4.35. The Kier molecular flexibility index (Phi) is 6.93. The number of piperidine rings is 1. The minimum atomic E-state index is -0.0432. The quantitative estimate of drug-likeness (QED) is 0.435. The molecule has 156 valence electrons. The molecule has 1 amide bonds. The van der Waals surface area contributed by atoms with Crippen molar-refractivity contribution in [2.45, 2.75) is 31.6 Å². The maximum absolute atomic E-state index is 11.9. The molecule has 0 aliphatic carbocycles. The summed E-state index contributed by atoms with van der Waals surface area (Å²) in [5.41, 5.74) is 3.66. The first-order valence-electron chi connectivity index (χ1n) is 10.9. The van der Waals surface area contributed by atoms with Gasteiger partial charge in [-0.2, -0.15) is 0 Å². The molecule has 1 aliphatic rings. The second-order valence-electron chi connectivity index (χ2n) is 8.02. The van der Waals surface area contributed by atoms with E-state index in [0.29, 0.717) is 5.92 Å². The Labute approximate surface area is 178 Å². The van der Waals surface area contributed by atoms with Crippen LogP contribution in [0.5, 0.6) is 0 Å². The van der Waals surface area contributed by atoms with Gasteiger partial charge in [0.1, 0.15) is 0 Å². The van der Waals surface area contributed by atoms with Gasteiger partial charge in [-0.1, -0.05) is 24.3 Å². The van der Waals surface area contributed by atoms with Crippen LogP contribution >= 0.6 is 0 Å². The van der Waals surface area contributed by atoms with Crippen LogP contribution < -0.4 is 5.32 Å². The number of hydrogen-bond donors (Lipinski definition) is 2. The second kappa shape index (κ2) is 10.2. The monoisotopic (exact) mass is 402 g/mol. The average molecular weight is 403 g/mol. The normalized spacial score (nSPS) is 15.7. The number of benzene rings is 1. The van der Waals surface area contributed by atoms with Crippen LogP contribution in [0.15, 0.2) is 61.1 Å². The van der Waals surface area contributed by atoms with Crippen LogP contribution in [0.1, 0.15) is 42.7 Å². The molecule has 1 aromatic carbocycles. The number of aromatic amines is 1. The second-order valence-corrected chi connectivity index (χ2v) is 8.02. The number of amides is 1. The van der Waals surface area contributed by atoms with Crippen LogP contribution in [0.2, 0.25) is 0 Å². The van der Waals surface area contributed by atoms with E-state index in [1.807, 2.05) is 12.1 Å². The average Bonchev–Trinajstić information content (AvgIpc) is 3.23. The highest BCUT2D eigenvalue weighted by Crippen LogP contribution is 2.33. The summed E-state index contributed by atoms with van der Waals surface area (Å²) in [5.74, 6) is 0.613. The first-order valence-corrected chi connectivity index (χ1v) is 10.9. The lowest BCUT2D eigenvalue weighted by molar-refractivity contribution is -0.116. The zero-order valence-electron chi connectivity index (χ0n) is 17.4. The Balaban J connectivity index is 1.12. The Morgan fingerprint density at radius 1 is 1.17 bits per heavy atom. The highest BCUT2D eigenvalue weighted by atomic mass is 16.1. The molecule has 0 atom stereocenters. The van der Waals surface area contributed by atoms with Crippen molar-refractivity contribution in [3.63, 3.8) is 0 Å². The van der Waals surface area contributed by atoms with Crippen molar-refractivity contribution < 1.29 is 4.79 Å². The zero-order valence-corrected chi connectivity index (χ0v) is 17.4. The van der Waals surface area contributed by atoms with E-state index >= 15 is 0 Å². The number of fused-ring (bicyclic) bond motifs is 1. The van der Waals surface area contributed by atoms with E-state index in [1.165, 1.54) is 29.3 Å². The molecule has 5 heteroatoms. The largest absolute Gasteiger partial charge is 0.361 e. The molecule has 1 fully saturated rings. The highest BCUT2D eigenvalue weighted by Gasteiger charge is 2.22. The van der Waals surface area contributed by atoms with E-state index in [-0.39, 0.29) is 5.91 Å². The molecule has 4 rings (SSSR count). The topological polar surface area (TPSA) is 61.0 Å². The third kappa shape index (κ3) is 5.36. The summed E-state index contributed by atoms with van der Waals surface area (Å²) >= 11 is 0. The zero-order chi connectivity index (χ0) is 20.6. The van der Waals surface area contributed by atoms with Gasteiger partial charge in [0, 0.05) is 42.1 Å². The van der Waals surface area contributed by atoms with E-state index in [9.17, 15) is 4.79 Å². The fourth-order valence-corrected chi connectivity index (χ4v) is 4.28. The SMILES string of the molecule is O=C(/C=C/c1cccnc1)NCCCCN1CCC(c2c[nH]c3ccccc23)CC1. The maximum atomic E-state index is 11.9. The number of rotatable bonds is 8. The molecular weight excluding hydrogens is 372 g/mol. The lowest BCUT2D eigenvalue weighted by Gasteiger charge is -2.32. The third-order valence-corrected chi connectivity index (χ3v) is 5.96. The third-order valence-electron chi connectivity index (χ3n) is 5.96. The van der Waals surface area contributed by atoms with Gasteiger partial charge in [0.15, 0.2) is 0 Å². The Hall–Kier alpha value is -2.92. The van der Waals surface area contributed by atoms with E-state index in [2.05, 4.69) is 50.6 Å². The Bertz CT molecular complexity index is 971. The van der Waals surface area contributed by atoms with Crippen molar-refractivity contribution in [3.8, 4) is 0 Å². The smallest absolute Gasteiger partial charge is 0.243 e. The van der Waals surface area contributed by atoms with Crippen molar-refractivity contribution in [1.29, 1.82) is 0 Å². The fourth-order valence-electron chi connectivity index (χ4n) is 4.28. The molecule has 1 aliphatic heterocycles. The van der Waals surface area contributed by atoms with Gasteiger partial charge in [0.2, 0.25) is 5.91 Å². The Morgan fingerprint density at radius 3 is 2.87 bits per heavy atom. The van der Waals surface area contributed by atoms with Gasteiger partial charge in [0.25, 0.3) is 0 Å². The van der Waals surface area contributed by atoms with E-state index < -0.39 is 0 Å². The number of H-pyrrole nitrogens is 1. The summed E-state index contributed by atoms with van der Waals surface area (Å²) in [5, 5.41) is 4.34. The molecule has 0 bridgehead atoms. The number of carbonyl (C=O) groups excluding carboxylic acids is 1.